The van der Waals surface area contributed by atoms with E-state index < -0.39 is 6.08 Å². The third-order valence-corrected chi connectivity index (χ3v) is 5.65. The van der Waals surface area contributed by atoms with Crippen molar-refractivity contribution in [3.05, 3.63) is 70.5 Å². The van der Waals surface area contributed by atoms with Crippen LogP contribution < -0.4 is 4.46 Å². The Balaban J connectivity index is 2.14. The Morgan fingerprint density at radius 3 is 1.94 bits per heavy atom. The van der Waals surface area contributed by atoms with Crippen molar-refractivity contribution < 1.29 is 8.78 Å². The molecule has 4 heteroatoms. The van der Waals surface area contributed by atoms with Gasteiger partial charge in [0.1, 0.15) is 0 Å². The quantitative estimate of drug-likeness (QED) is 0.607. The number of hydrogen-bond acceptors (Lipinski definition) is 1. The van der Waals surface area contributed by atoms with E-state index in [2.05, 4.69) is 0 Å². The van der Waals surface area contributed by atoms with Crippen LogP contribution in [0.5, 0.6) is 0 Å². The van der Waals surface area contributed by atoms with Crippen LogP contribution in [-0.2, 0) is 0 Å². The first kappa shape index (κ1) is 13.3. The molecule has 0 spiro atoms. The summed E-state index contributed by atoms with van der Waals surface area (Å²) in [4.78, 5) is 0.845. The molecule has 2 aromatic rings. The third kappa shape index (κ3) is 3.98. The molecule has 0 unspecified atom stereocenters. The molecule has 0 heterocycles. The van der Waals surface area contributed by atoms with Crippen molar-refractivity contribution in [2.45, 2.75) is 4.90 Å². The molecule has 0 aliphatic heterocycles. The summed E-state index contributed by atoms with van der Waals surface area (Å²) in [5.41, 5.74) is 0. The third-order valence-electron chi connectivity index (χ3n) is 2.06. The average Bonchev–Trinajstić information content (AvgIpc) is 2.40. The Morgan fingerprint density at radius 2 is 1.39 bits per heavy atom. The van der Waals surface area contributed by atoms with Gasteiger partial charge in [-0.25, -0.2) is 0 Å². The van der Waals surface area contributed by atoms with Crippen LogP contribution in [0.2, 0.25) is 0 Å². The summed E-state index contributed by atoms with van der Waals surface area (Å²) >= 11 is 0.802. The zero-order valence-electron chi connectivity index (χ0n) is 9.35. The second-order valence-corrected chi connectivity index (χ2v) is 7.32. The van der Waals surface area contributed by atoms with E-state index in [0.29, 0.717) is 0 Å². The monoisotopic (exact) mass is 328 g/mol. The zero-order valence-corrected chi connectivity index (χ0v) is 11.9. The molecule has 0 saturated carbocycles. The molecule has 0 atom stereocenters. The first-order valence-corrected chi connectivity index (χ1v) is 7.80. The minimum absolute atomic E-state index is 0.167. The number of hydrogen-bond donors (Lipinski definition) is 0. The number of halogens is 2. The van der Waals surface area contributed by atoms with Crippen LogP contribution in [0.25, 0.3) is 0 Å². The summed E-state index contributed by atoms with van der Waals surface area (Å²) in [5.74, 6) is 0. The fourth-order valence-corrected chi connectivity index (χ4v) is 4.51. The fraction of sp³-hybridized carbons (Fsp3) is 0. The van der Waals surface area contributed by atoms with E-state index in [9.17, 15) is 8.78 Å². The van der Waals surface area contributed by atoms with Gasteiger partial charge in [0.25, 0.3) is 0 Å². The molecule has 18 heavy (non-hydrogen) atoms. The molecule has 92 valence electrons. The van der Waals surface area contributed by atoms with Crippen LogP contribution in [0, 0.1) is 0 Å². The Bertz CT molecular complexity index is 479. The summed E-state index contributed by atoms with van der Waals surface area (Å²) in [5, 5.41) is 0. The molecule has 0 nitrogen and oxygen atoms in total. The molecular formula is C14H10F2SSe. The molecule has 0 N–H and O–H groups in total. The van der Waals surface area contributed by atoms with Crippen molar-refractivity contribution in [3.8, 4) is 0 Å². The molecule has 0 bridgehead atoms. The standard InChI is InChI=1S/C14H10F2SSe/c15-13(16)14(17-11-7-3-1-4-8-11)18-12-9-5-2-6-10-12/h1-10H. The van der Waals surface area contributed by atoms with E-state index in [-0.39, 0.29) is 18.8 Å². The van der Waals surface area contributed by atoms with Gasteiger partial charge in [-0.15, -0.1) is 0 Å². The molecular weight excluding hydrogens is 317 g/mol. The van der Waals surface area contributed by atoms with E-state index >= 15 is 0 Å². The number of rotatable bonds is 4. The van der Waals surface area contributed by atoms with E-state index in [0.717, 1.165) is 21.1 Å². The van der Waals surface area contributed by atoms with Gasteiger partial charge in [-0.2, -0.15) is 0 Å². The normalized spacial score (nSPS) is 10.1. The van der Waals surface area contributed by atoms with Crippen molar-refractivity contribution in [1.82, 2.24) is 0 Å². The summed E-state index contributed by atoms with van der Waals surface area (Å²) in [6.45, 7) is 0. The van der Waals surface area contributed by atoms with Crippen LogP contribution in [0.1, 0.15) is 0 Å². The van der Waals surface area contributed by atoms with Crippen LogP contribution in [-0.4, -0.2) is 15.0 Å². The van der Waals surface area contributed by atoms with Gasteiger partial charge in [-0.05, 0) is 0 Å². The molecule has 0 radical (unpaired) electrons. The number of thioether (sulfide) groups is 1. The zero-order chi connectivity index (χ0) is 12.8. The Hall–Kier alpha value is -1.09. The Morgan fingerprint density at radius 1 is 0.833 bits per heavy atom. The van der Waals surface area contributed by atoms with Crippen molar-refractivity contribution >= 4 is 31.2 Å². The summed E-state index contributed by atoms with van der Waals surface area (Å²) < 4.78 is 27.0. The molecule has 0 aromatic heterocycles. The summed E-state index contributed by atoms with van der Waals surface area (Å²) in [6.07, 6.45) is -1.58. The van der Waals surface area contributed by atoms with Gasteiger partial charge in [0.15, 0.2) is 0 Å². The Kier molecular flexibility index (Phi) is 5.00. The minimum atomic E-state index is -1.58. The summed E-state index contributed by atoms with van der Waals surface area (Å²) in [6, 6.07) is 18.7. The second-order valence-electron chi connectivity index (χ2n) is 3.38. The van der Waals surface area contributed by atoms with Gasteiger partial charge in [0.2, 0.25) is 0 Å². The topological polar surface area (TPSA) is 0 Å². The van der Waals surface area contributed by atoms with Gasteiger partial charge in [0.05, 0.1) is 0 Å². The first-order valence-electron chi connectivity index (χ1n) is 5.27. The van der Waals surface area contributed by atoms with Crippen molar-refractivity contribution in [2.24, 2.45) is 0 Å². The fourth-order valence-electron chi connectivity index (χ4n) is 1.29. The number of benzene rings is 2. The Labute approximate surface area is 115 Å². The van der Waals surface area contributed by atoms with Gasteiger partial charge >= 0.3 is 115 Å². The molecule has 0 saturated heterocycles. The van der Waals surface area contributed by atoms with E-state index in [1.165, 1.54) is 0 Å². The van der Waals surface area contributed by atoms with Gasteiger partial charge in [0, 0.05) is 0 Å². The molecule has 0 aliphatic carbocycles. The molecule has 0 amide bonds. The van der Waals surface area contributed by atoms with Gasteiger partial charge in [-0.1, -0.05) is 0 Å². The van der Waals surface area contributed by atoms with Crippen LogP contribution in [0.4, 0.5) is 8.78 Å². The van der Waals surface area contributed by atoms with Crippen molar-refractivity contribution in [3.63, 3.8) is 0 Å². The molecule has 0 aliphatic rings. The molecule has 2 rings (SSSR count). The van der Waals surface area contributed by atoms with Crippen molar-refractivity contribution in [2.75, 3.05) is 0 Å². The van der Waals surface area contributed by atoms with Crippen molar-refractivity contribution in [1.29, 1.82) is 0 Å². The van der Waals surface area contributed by atoms with Crippen LogP contribution in [0.15, 0.2) is 75.4 Å². The average molecular weight is 327 g/mol. The molecule has 2 aromatic carbocycles. The maximum atomic E-state index is 12.9. The maximum absolute atomic E-state index is 12.9. The van der Waals surface area contributed by atoms with E-state index in [1.807, 2.05) is 60.7 Å². The van der Waals surface area contributed by atoms with Crippen LogP contribution in [0.3, 0.4) is 0 Å². The van der Waals surface area contributed by atoms with E-state index in [1.54, 1.807) is 0 Å². The van der Waals surface area contributed by atoms with E-state index in [4.69, 9.17) is 0 Å². The SMILES string of the molecule is FC(F)=C(Sc1ccccc1)[Se]c1ccccc1. The molecule has 0 fully saturated rings. The first-order chi connectivity index (χ1) is 8.75. The van der Waals surface area contributed by atoms with Crippen LogP contribution >= 0.6 is 11.8 Å². The predicted molar refractivity (Wildman–Crippen MR) is 73.4 cm³/mol. The van der Waals surface area contributed by atoms with Gasteiger partial charge < -0.3 is 0 Å². The second kappa shape index (κ2) is 6.74. The van der Waals surface area contributed by atoms with Gasteiger partial charge in [-0.3, -0.25) is 0 Å². The predicted octanol–water partition coefficient (Wildman–Crippen LogP) is 3.87. The summed E-state index contributed by atoms with van der Waals surface area (Å²) in [7, 11) is 0.